The zero-order valence-corrected chi connectivity index (χ0v) is 24.5. The first kappa shape index (κ1) is 27.6. The minimum Gasteiger partial charge on any atom is -0.493 e. The Balaban J connectivity index is 1.37. The second kappa shape index (κ2) is 12.1. The molecule has 7 heteroatoms. The predicted molar refractivity (Wildman–Crippen MR) is 167 cm³/mol. The third-order valence-electron chi connectivity index (χ3n) is 7.84. The minimum atomic E-state index is 0.0780. The molecule has 0 spiro atoms. The predicted octanol–water partition coefficient (Wildman–Crippen LogP) is 7.96. The third kappa shape index (κ3) is 5.03. The molecule has 6 rings (SSSR count). The van der Waals surface area contributed by atoms with Crippen LogP contribution < -0.4 is 9.47 Å². The van der Waals surface area contributed by atoms with Gasteiger partial charge in [-0.3, -0.25) is 9.36 Å². The second-order valence-corrected chi connectivity index (χ2v) is 11.3. The first-order chi connectivity index (χ1) is 20.6. The van der Waals surface area contributed by atoms with Crippen molar-refractivity contribution in [3.63, 3.8) is 0 Å². The van der Waals surface area contributed by atoms with E-state index in [4.69, 9.17) is 14.5 Å². The van der Waals surface area contributed by atoms with E-state index in [0.29, 0.717) is 39.8 Å². The van der Waals surface area contributed by atoms with Gasteiger partial charge in [-0.05, 0) is 49.4 Å². The number of carbonyl (C=O) groups is 1. The van der Waals surface area contributed by atoms with Gasteiger partial charge in [0.2, 0.25) is 5.91 Å². The average molecular weight is 574 g/mol. The van der Waals surface area contributed by atoms with E-state index in [1.54, 1.807) is 14.2 Å². The van der Waals surface area contributed by atoms with Crippen LogP contribution in [0.1, 0.15) is 40.9 Å². The number of para-hydroxylation sites is 2. The van der Waals surface area contributed by atoms with Gasteiger partial charge >= 0.3 is 0 Å². The summed E-state index contributed by atoms with van der Waals surface area (Å²) < 4.78 is 13.2. The number of methoxy groups -OCH3 is 2. The molecule has 1 aliphatic carbocycles. The van der Waals surface area contributed by atoms with E-state index < -0.39 is 0 Å². The highest BCUT2D eigenvalue weighted by atomic mass is 32.2. The summed E-state index contributed by atoms with van der Waals surface area (Å²) >= 11 is 1.44. The van der Waals surface area contributed by atoms with E-state index in [9.17, 15) is 10.1 Å². The van der Waals surface area contributed by atoms with Crippen molar-refractivity contribution < 1.29 is 14.3 Å². The third-order valence-corrected chi connectivity index (χ3v) is 8.82. The molecular formula is C35H31N3O3S. The normalized spacial score (nSPS) is 12.5. The van der Waals surface area contributed by atoms with Crippen LogP contribution in [-0.2, 0) is 12.8 Å². The number of aromatic nitrogens is 2. The summed E-state index contributed by atoms with van der Waals surface area (Å²) in [6.07, 6.45) is 4.53. The zero-order chi connectivity index (χ0) is 29.1. The van der Waals surface area contributed by atoms with Crippen LogP contribution in [0.5, 0.6) is 11.5 Å². The summed E-state index contributed by atoms with van der Waals surface area (Å²) in [5, 5.41) is 12.2. The summed E-state index contributed by atoms with van der Waals surface area (Å²) in [4.78, 5) is 18.6. The number of hydrogen-bond acceptors (Lipinski definition) is 6. The van der Waals surface area contributed by atoms with Crippen LogP contribution in [0, 0.1) is 11.3 Å². The van der Waals surface area contributed by atoms with Crippen LogP contribution in [0.2, 0.25) is 0 Å². The smallest absolute Gasteiger partial charge is 0.232 e. The highest BCUT2D eigenvalue weighted by Gasteiger charge is 2.24. The molecule has 0 aliphatic heterocycles. The molecule has 0 unspecified atom stereocenters. The molecule has 3 aromatic carbocycles. The lowest BCUT2D eigenvalue weighted by Gasteiger charge is -2.17. The Morgan fingerprint density at radius 2 is 1.74 bits per heavy atom. The number of nitrogens with zero attached hydrogens (tertiary/aromatic N) is 3. The topological polar surface area (TPSA) is 77.1 Å². The fourth-order valence-corrected chi connectivity index (χ4v) is 6.86. The summed E-state index contributed by atoms with van der Waals surface area (Å²) in [7, 11) is 3.19. The molecule has 0 N–H and O–H groups in total. The molecule has 0 saturated heterocycles. The van der Waals surface area contributed by atoms with Crippen LogP contribution in [0.3, 0.4) is 0 Å². The van der Waals surface area contributed by atoms with E-state index in [0.717, 1.165) is 53.7 Å². The number of ether oxygens (including phenoxy) is 2. The first-order valence-corrected chi connectivity index (χ1v) is 15.1. The van der Waals surface area contributed by atoms with Gasteiger partial charge in [0.05, 0.1) is 31.0 Å². The lowest BCUT2D eigenvalue weighted by Crippen LogP contribution is -2.16. The monoisotopic (exact) mass is 573 g/mol. The summed E-state index contributed by atoms with van der Waals surface area (Å²) in [5.41, 5.74) is 7.06. The number of nitriles is 1. The maximum absolute atomic E-state index is 13.7. The average Bonchev–Trinajstić information content (AvgIpc) is 3.38. The molecule has 210 valence electrons. The van der Waals surface area contributed by atoms with Crippen molar-refractivity contribution in [2.24, 2.45) is 0 Å². The molecule has 0 bridgehead atoms. The number of pyridine rings is 1. The molecule has 0 atom stereocenters. The van der Waals surface area contributed by atoms with Crippen LogP contribution >= 0.6 is 11.8 Å². The van der Waals surface area contributed by atoms with Gasteiger partial charge in [0, 0.05) is 39.9 Å². The van der Waals surface area contributed by atoms with E-state index >= 15 is 0 Å². The number of benzene rings is 3. The lowest BCUT2D eigenvalue weighted by molar-refractivity contribution is 0.0912. The Hall–Kier alpha value is -4.54. The van der Waals surface area contributed by atoms with Crippen molar-refractivity contribution in [2.75, 3.05) is 20.0 Å². The Kier molecular flexibility index (Phi) is 7.98. The summed E-state index contributed by atoms with van der Waals surface area (Å²) in [6.45, 7) is 0. The van der Waals surface area contributed by atoms with Crippen molar-refractivity contribution in [1.29, 1.82) is 5.26 Å². The largest absolute Gasteiger partial charge is 0.493 e. The summed E-state index contributed by atoms with van der Waals surface area (Å²) in [5.74, 6) is 1.71. The SMILES string of the molecule is COc1cccc(-c2cc(-c3ccccc3)nc(SCCC(=O)n3c4c(c5ccccc53)CCCC4)c2C#N)c1OC. The van der Waals surface area contributed by atoms with Gasteiger partial charge in [-0.1, -0.05) is 60.7 Å². The van der Waals surface area contributed by atoms with Crippen molar-refractivity contribution in [3.8, 4) is 40.0 Å². The van der Waals surface area contributed by atoms with Crippen LogP contribution in [0.4, 0.5) is 0 Å². The molecule has 2 aromatic heterocycles. The fraction of sp³-hybridized carbons (Fsp3) is 0.229. The zero-order valence-electron chi connectivity index (χ0n) is 23.7. The molecule has 0 saturated carbocycles. The Morgan fingerprint density at radius 3 is 2.52 bits per heavy atom. The summed E-state index contributed by atoms with van der Waals surface area (Å²) in [6, 6.07) is 28.1. The highest BCUT2D eigenvalue weighted by Crippen LogP contribution is 2.42. The van der Waals surface area contributed by atoms with Gasteiger partial charge in [-0.15, -0.1) is 11.8 Å². The fourth-order valence-electron chi connectivity index (χ4n) is 5.93. The van der Waals surface area contributed by atoms with Gasteiger partial charge in [0.15, 0.2) is 11.5 Å². The lowest BCUT2D eigenvalue weighted by atomic mass is 9.95. The van der Waals surface area contributed by atoms with E-state index in [2.05, 4.69) is 12.1 Å². The van der Waals surface area contributed by atoms with Gasteiger partial charge in [0.1, 0.15) is 11.1 Å². The number of rotatable bonds is 8. The number of hydrogen-bond donors (Lipinski definition) is 0. The van der Waals surface area contributed by atoms with Crippen molar-refractivity contribution in [1.82, 2.24) is 9.55 Å². The quantitative estimate of drug-likeness (QED) is 0.175. The molecule has 0 fully saturated rings. The van der Waals surface area contributed by atoms with Gasteiger partial charge in [0.25, 0.3) is 0 Å². The molecule has 1 aliphatic rings. The minimum absolute atomic E-state index is 0.0780. The molecular weight excluding hydrogens is 542 g/mol. The van der Waals surface area contributed by atoms with Crippen LogP contribution in [-0.4, -0.2) is 35.4 Å². The van der Waals surface area contributed by atoms with Gasteiger partial charge in [-0.25, -0.2) is 4.98 Å². The van der Waals surface area contributed by atoms with E-state index in [1.807, 2.05) is 77.4 Å². The number of carbonyl (C=O) groups excluding carboxylic acids is 1. The van der Waals surface area contributed by atoms with Crippen molar-refractivity contribution >= 4 is 28.6 Å². The maximum atomic E-state index is 13.7. The molecule has 42 heavy (non-hydrogen) atoms. The van der Waals surface area contributed by atoms with Crippen LogP contribution in [0.15, 0.2) is 83.9 Å². The van der Waals surface area contributed by atoms with Gasteiger partial charge < -0.3 is 9.47 Å². The first-order valence-electron chi connectivity index (χ1n) is 14.1. The Morgan fingerprint density at radius 1 is 0.952 bits per heavy atom. The molecule has 0 radical (unpaired) electrons. The van der Waals surface area contributed by atoms with E-state index in [-0.39, 0.29) is 5.91 Å². The highest BCUT2D eigenvalue weighted by molar-refractivity contribution is 7.99. The van der Waals surface area contributed by atoms with Crippen LogP contribution in [0.25, 0.3) is 33.3 Å². The van der Waals surface area contributed by atoms with Gasteiger partial charge in [-0.2, -0.15) is 5.26 Å². The van der Waals surface area contributed by atoms with E-state index in [1.165, 1.54) is 22.7 Å². The molecule has 0 amide bonds. The molecule has 2 heterocycles. The second-order valence-electron chi connectivity index (χ2n) is 10.2. The maximum Gasteiger partial charge on any atom is 0.232 e. The number of thioether (sulfide) groups is 1. The standard InChI is InChI=1S/C35H31N3O3S/c1-40-32-18-10-15-26(34(32)41-2)27-21-29(23-11-4-3-5-12-23)37-35(28(27)22-36)42-20-19-33(39)38-30-16-8-6-13-24(30)25-14-7-9-17-31(25)38/h3-6,8,10-13,15-16,18,21H,7,9,14,17,19-20H2,1-2H3. The molecule has 6 nitrogen and oxygen atoms in total. The number of fused-ring (bicyclic) bond motifs is 3. The molecule has 5 aromatic rings. The number of aryl methyl sites for hydroxylation is 1. The Labute approximate surface area is 249 Å². The van der Waals surface area contributed by atoms with Crippen molar-refractivity contribution in [2.45, 2.75) is 37.1 Å². The van der Waals surface area contributed by atoms with Crippen molar-refractivity contribution in [3.05, 3.63) is 95.7 Å². The Bertz CT molecular complexity index is 1820.